The van der Waals surface area contributed by atoms with Crippen LogP contribution in [0.15, 0.2) is 78.9 Å². The highest BCUT2D eigenvalue weighted by atomic mass is 16.5. The second kappa shape index (κ2) is 14.7. The van der Waals surface area contributed by atoms with Crippen LogP contribution < -0.4 is 4.74 Å². The quantitative estimate of drug-likeness (QED) is 0.141. The van der Waals surface area contributed by atoms with Crippen molar-refractivity contribution < 1.29 is 14.3 Å². The van der Waals surface area contributed by atoms with E-state index in [0.717, 1.165) is 59.3 Å². The topological polar surface area (TPSA) is 59.3 Å². The van der Waals surface area contributed by atoms with Crippen LogP contribution in [0.1, 0.15) is 66.0 Å². The summed E-state index contributed by atoms with van der Waals surface area (Å²) in [6, 6.07) is 23.2. The third-order valence-corrected chi connectivity index (χ3v) is 5.68. The van der Waals surface area contributed by atoms with Crippen LogP contribution in [0, 0.1) is 41.9 Å². The molecule has 0 N–H and O–H groups in total. The number of rotatable bonds is 9. The Morgan fingerprint density at radius 3 is 1.95 bits per heavy atom. The fourth-order valence-electron chi connectivity index (χ4n) is 3.46. The van der Waals surface area contributed by atoms with Crippen LogP contribution in [0.3, 0.4) is 0 Å². The molecule has 0 amide bonds. The zero-order valence-electron chi connectivity index (χ0n) is 22.0. The molecule has 3 aromatic carbocycles. The largest absolute Gasteiger partial charge is 0.494 e. The molecule has 0 heterocycles. The fraction of sp³-hybridized carbons (Fsp3) is 0.235. The number of ether oxygens (including phenoxy) is 2. The lowest BCUT2D eigenvalue weighted by Gasteiger charge is -2.07. The van der Waals surface area contributed by atoms with Gasteiger partial charge in [-0.3, -0.25) is 0 Å². The Hall–Kier alpha value is -4.72. The molecule has 0 spiro atoms. The number of carbonyl (C=O) groups is 1. The summed E-state index contributed by atoms with van der Waals surface area (Å²) >= 11 is 0. The van der Waals surface area contributed by atoms with Gasteiger partial charge in [0.2, 0.25) is 0 Å². The summed E-state index contributed by atoms with van der Waals surface area (Å²) < 4.78 is 10.9. The van der Waals surface area contributed by atoms with E-state index in [1.54, 1.807) is 19.1 Å². The minimum absolute atomic E-state index is 0.323. The minimum Gasteiger partial charge on any atom is -0.494 e. The Morgan fingerprint density at radius 1 is 0.763 bits per heavy atom. The van der Waals surface area contributed by atoms with Gasteiger partial charge < -0.3 is 9.47 Å². The zero-order chi connectivity index (χ0) is 27.2. The molecule has 4 nitrogen and oxygen atoms in total. The van der Waals surface area contributed by atoms with E-state index in [-0.39, 0.29) is 5.97 Å². The van der Waals surface area contributed by atoms with Gasteiger partial charge in [0, 0.05) is 27.8 Å². The molecule has 0 aromatic heterocycles. The molecular formula is C34H31NO3. The van der Waals surface area contributed by atoms with E-state index < -0.39 is 0 Å². The Morgan fingerprint density at radius 2 is 1.32 bits per heavy atom. The van der Waals surface area contributed by atoms with E-state index in [2.05, 4.69) is 36.3 Å². The maximum Gasteiger partial charge on any atom is 0.333 e. The van der Waals surface area contributed by atoms with Crippen LogP contribution in [0.4, 0.5) is 0 Å². The number of hydrogen-bond donors (Lipinski definition) is 0. The molecule has 0 fully saturated rings. The van der Waals surface area contributed by atoms with Crippen LogP contribution in [0.25, 0.3) is 0 Å². The van der Waals surface area contributed by atoms with Crippen LogP contribution in [-0.2, 0) is 9.53 Å². The third kappa shape index (κ3) is 9.39. The molecule has 0 aliphatic rings. The molecule has 0 bridgehead atoms. The monoisotopic (exact) mass is 501 g/mol. The molecule has 4 heteroatoms. The molecule has 0 saturated heterocycles. The predicted octanol–water partition coefficient (Wildman–Crippen LogP) is 6.72. The molecule has 0 aliphatic carbocycles. The van der Waals surface area contributed by atoms with E-state index >= 15 is 0 Å². The van der Waals surface area contributed by atoms with Crippen molar-refractivity contribution in [3.05, 3.63) is 112 Å². The van der Waals surface area contributed by atoms with E-state index in [0.29, 0.717) is 24.4 Å². The highest BCUT2D eigenvalue weighted by Gasteiger charge is 2.02. The summed E-state index contributed by atoms with van der Waals surface area (Å²) in [5, 5.41) is 8.90. The normalized spacial score (nSPS) is 9.71. The van der Waals surface area contributed by atoms with Gasteiger partial charge in [0.05, 0.1) is 24.8 Å². The Labute approximate surface area is 225 Å². The third-order valence-electron chi connectivity index (χ3n) is 5.68. The van der Waals surface area contributed by atoms with Crippen LogP contribution in [0.5, 0.6) is 5.75 Å². The van der Waals surface area contributed by atoms with Crippen molar-refractivity contribution in [2.24, 2.45) is 0 Å². The van der Waals surface area contributed by atoms with Crippen molar-refractivity contribution in [2.75, 3.05) is 13.2 Å². The number of nitriles is 1. The van der Waals surface area contributed by atoms with E-state index in [4.69, 9.17) is 14.7 Å². The maximum atomic E-state index is 11.3. The van der Waals surface area contributed by atoms with Gasteiger partial charge in [-0.15, -0.1) is 0 Å². The first-order valence-corrected chi connectivity index (χ1v) is 12.6. The Balaban J connectivity index is 1.43. The highest BCUT2D eigenvalue weighted by molar-refractivity contribution is 5.86. The lowest BCUT2D eigenvalue weighted by molar-refractivity contribution is -0.139. The lowest BCUT2D eigenvalue weighted by atomic mass is 10.0. The molecule has 3 rings (SSSR count). The molecule has 0 atom stereocenters. The summed E-state index contributed by atoms with van der Waals surface area (Å²) in [5.74, 6) is 13.3. The smallest absolute Gasteiger partial charge is 0.333 e. The lowest BCUT2D eigenvalue weighted by Crippen LogP contribution is -2.06. The molecule has 0 aliphatic heterocycles. The van der Waals surface area contributed by atoms with Gasteiger partial charge in [0.25, 0.3) is 0 Å². The van der Waals surface area contributed by atoms with Crippen molar-refractivity contribution in [2.45, 2.75) is 39.5 Å². The highest BCUT2D eigenvalue weighted by Crippen LogP contribution is 2.14. The molecule has 3 aromatic rings. The van der Waals surface area contributed by atoms with Crippen molar-refractivity contribution in [1.82, 2.24) is 0 Å². The van der Waals surface area contributed by atoms with Crippen LogP contribution >= 0.6 is 0 Å². The standard InChI is InChI=1S/C34H31NO3/c1-26(2)34(36)38-23-7-5-4-6-22-37-33-20-16-29(17-21-33)8-11-30-15-19-32(27(3)24-30)18-14-28-9-12-31(25-35)13-10-28/h9-10,12-13,15-17,19-21,24H,1,4-7,22-23H2,2-3H3. The molecule has 0 unspecified atom stereocenters. The molecule has 38 heavy (non-hydrogen) atoms. The first kappa shape index (κ1) is 27.9. The van der Waals surface area contributed by atoms with E-state index in [1.165, 1.54) is 0 Å². The Bertz CT molecular complexity index is 1420. The van der Waals surface area contributed by atoms with Gasteiger partial charge >= 0.3 is 5.97 Å². The minimum atomic E-state index is -0.323. The van der Waals surface area contributed by atoms with Gasteiger partial charge in [0.15, 0.2) is 0 Å². The second-order valence-corrected chi connectivity index (χ2v) is 8.92. The summed E-state index contributed by atoms with van der Waals surface area (Å²) in [5.41, 5.74) is 5.80. The number of benzene rings is 3. The van der Waals surface area contributed by atoms with Crippen molar-refractivity contribution in [1.29, 1.82) is 5.26 Å². The SMILES string of the molecule is C=C(C)C(=O)OCCCCCCOc1ccc(C#Cc2ccc(C#Cc3ccc(C#N)cc3)c(C)c2)cc1. The number of hydrogen-bond acceptors (Lipinski definition) is 4. The summed E-state index contributed by atoms with van der Waals surface area (Å²) in [7, 11) is 0. The average molecular weight is 502 g/mol. The zero-order valence-corrected chi connectivity index (χ0v) is 22.0. The van der Waals surface area contributed by atoms with Crippen molar-refractivity contribution >= 4 is 5.97 Å². The summed E-state index contributed by atoms with van der Waals surface area (Å²) in [6.45, 7) is 8.33. The first-order chi connectivity index (χ1) is 18.4. The van der Waals surface area contributed by atoms with Gasteiger partial charge in [0.1, 0.15) is 5.75 Å². The van der Waals surface area contributed by atoms with E-state index in [9.17, 15) is 4.79 Å². The first-order valence-electron chi connectivity index (χ1n) is 12.6. The molecule has 190 valence electrons. The number of carbonyl (C=O) groups excluding carboxylic acids is 1. The van der Waals surface area contributed by atoms with Crippen LogP contribution in [-0.4, -0.2) is 19.2 Å². The fourth-order valence-corrected chi connectivity index (χ4v) is 3.46. The van der Waals surface area contributed by atoms with Crippen LogP contribution in [0.2, 0.25) is 0 Å². The second-order valence-electron chi connectivity index (χ2n) is 8.92. The van der Waals surface area contributed by atoms with Gasteiger partial charge in [-0.05, 0) is 112 Å². The van der Waals surface area contributed by atoms with E-state index in [1.807, 2.05) is 61.5 Å². The molecule has 0 radical (unpaired) electrons. The average Bonchev–Trinajstić information content (AvgIpc) is 2.93. The van der Waals surface area contributed by atoms with Crippen molar-refractivity contribution in [3.63, 3.8) is 0 Å². The van der Waals surface area contributed by atoms with Gasteiger partial charge in [-0.1, -0.05) is 30.3 Å². The number of unbranched alkanes of at least 4 members (excludes halogenated alkanes) is 3. The van der Waals surface area contributed by atoms with Gasteiger partial charge in [-0.2, -0.15) is 5.26 Å². The van der Waals surface area contributed by atoms with Gasteiger partial charge in [-0.25, -0.2) is 4.79 Å². The Kier molecular flexibility index (Phi) is 10.8. The molecule has 0 saturated carbocycles. The van der Waals surface area contributed by atoms with Crippen molar-refractivity contribution in [3.8, 4) is 35.5 Å². The number of aryl methyl sites for hydroxylation is 1. The summed E-state index contributed by atoms with van der Waals surface area (Å²) in [4.78, 5) is 11.3. The maximum absolute atomic E-state index is 11.3. The number of esters is 1. The molecular weight excluding hydrogens is 470 g/mol. The predicted molar refractivity (Wildman–Crippen MR) is 150 cm³/mol. The number of nitrogens with zero attached hydrogens (tertiary/aromatic N) is 1. The summed E-state index contributed by atoms with van der Waals surface area (Å²) in [6.07, 6.45) is 3.81.